The molecule has 0 aromatic heterocycles. The van der Waals surface area contributed by atoms with Crippen LogP contribution in [0.25, 0.3) is 0 Å². The summed E-state index contributed by atoms with van der Waals surface area (Å²) < 4.78 is 0. The van der Waals surface area contributed by atoms with E-state index in [-0.39, 0.29) is 34.9 Å². The fourth-order valence-electron chi connectivity index (χ4n) is 1.80. The maximum Gasteiger partial charge on any atom is 0.354 e. The Morgan fingerprint density at radius 3 is 2.62 bits per heavy atom. The lowest BCUT2D eigenvalue weighted by Gasteiger charge is -2.45. The van der Waals surface area contributed by atoms with Crippen molar-refractivity contribution in [3.8, 4) is 0 Å². The van der Waals surface area contributed by atoms with Crippen LogP contribution < -0.4 is 5.73 Å². The molecule has 2 heterocycles. The van der Waals surface area contributed by atoms with Crippen molar-refractivity contribution in [3.05, 3.63) is 11.4 Å². The summed E-state index contributed by atoms with van der Waals surface area (Å²) in [5, 5.41) is 8.08. The standard InChI is InChI=1S/C9H10N2O4S/c1-3(12)8-6(10)7(9(14)15)11-4(13)2-5(11)16-8/h5,8H,2,10H2,1H3,(H,14,15). The van der Waals surface area contributed by atoms with Gasteiger partial charge in [-0.3, -0.25) is 14.5 Å². The number of aliphatic carboxylic acids is 1. The second-order valence-electron chi connectivity index (χ2n) is 3.66. The number of fused-ring (bicyclic) bond motifs is 1. The van der Waals surface area contributed by atoms with Gasteiger partial charge in [-0.2, -0.15) is 0 Å². The number of rotatable bonds is 2. The number of carboxylic acids is 1. The predicted octanol–water partition coefficient (Wildman–Crippen LogP) is -0.496. The van der Waals surface area contributed by atoms with Crippen LogP contribution in [0.5, 0.6) is 0 Å². The Morgan fingerprint density at radius 2 is 2.19 bits per heavy atom. The van der Waals surface area contributed by atoms with E-state index in [1.54, 1.807) is 0 Å². The van der Waals surface area contributed by atoms with Crippen molar-refractivity contribution in [2.24, 2.45) is 5.73 Å². The highest BCUT2D eigenvalue weighted by atomic mass is 32.2. The van der Waals surface area contributed by atoms with Gasteiger partial charge >= 0.3 is 5.97 Å². The van der Waals surface area contributed by atoms with Crippen molar-refractivity contribution < 1.29 is 19.5 Å². The van der Waals surface area contributed by atoms with Crippen molar-refractivity contribution in [2.45, 2.75) is 24.0 Å². The summed E-state index contributed by atoms with van der Waals surface area (Å²) in [6.45, 7) is 1.36. The van der Waals surface area contributed by atoms with Crippen LogP contribution in [-0.4, -0.2) is 38.3 Å². The zero-order valence-corrected chi connectivity index (χ0v) is 9.28. The molecule has 2 atom stereocenters. The number of nitrogens with two attached hydrogens (primary N) is 1. The first-order chi connectivity index (χ1) is 7.43. The molecule has 6 nitrogen and oxygen atoms in total. The lowest BCUT2D eigenvalue weighted by molar-refractivity contribution is -0.146. The van der Waals surface area contributed by atoms with Crippen molar-refractivity contribution in [2.75, 3.05) is 0 Å². The first-order valence-corrected chi connectivity index (χ1v) is 5.58. The fraction of sp³-hybridized carbons (Fsp3) is 0.444. The molecule has 0 bridgehead atoms. The highest BCUT2D eigenvalue weighted by Crippen LogP contribution is 2.42. The van der Waals surface area contributed by atoms with E-state index in [4.69, 9.17) is 10.8 Å². The minimum absolute atomic E-state index is 0.0331. The van der Waals surface area contributed by atoms with E-state index in [1.807, 2.05) is 0 Å². The van der Waals surface area contributed by atoms with E-state index < -0.39 is 11.2 Å². The van der Waals surface area contributed by atoms with Crippen LogP contribution >= 0.6 is 11.8 Å². The van der Waals surface area contributed by atoms with E-state index in [1.165, 1.54) is 18.7 Å². The number of ketones is 1. The molecule has 2 rings (SSSR count). The summed E-state index contributed by atoms with van der Waals surface area (Å²) in [7, 11) is 0. The average Bonchev–Trinajstić information content (AvgIpc) is 2.17. The topological polar surface area (TPSA) is 101 Å². The molecule has 2 aliphatic rings. The van der Waals surface area contributed by atoms with E-state index >= 15 is 0 Å². The molecule has 1 amide bonds. The molecule has 3 N–H and O–H groups in total. The van der Waals surface area contributed by atoms with Gasteiger partial charge in [0.2, 0.25) is 5.91 Å². The van der Waals surface area contributed by atoms with Gasteiger partial charge in [-0.1, -0.05) is 0 Å². The van der Waals surface area contributed by atoms with E-state index in [2.05, 4.69) is 0 Å². The molecule has 86 valence electrons. The molecule has 0 saturated carbocycles. The Labute approximate surface area is 95.5 Å². The Bertz CT molecular complexity index is 431. The number of β-lactam (4-membered cyclic amide) rings is 1. The fourth-order valence-corrected chi connectivity index (χ4v) is 3.15. The van der Waals surface area contributed by atoms with Crippen molar-refractivity contribution in [3.63, 3.8) is 0 Å². The summed E-state index contributed by atoms with van der Waals surface area (Å²) in [5.41, 5.74) is 5.37. The molecule has 1 saturated heterocycles. The highest BCUT2D eigenvalue weighted by molar-refractivity contribution is 8.01. The third-order valence-corrected chi connectivity index (χ3v) is 4.12. The molecule has 0 aliphatic carbocycles. The number of Topliss-reactive ketones (excluding diaryl/α,β-unsaturated/α-hetero) is 1. The van der Waals surface area contributed by atoms with Gasteiger partial charge in [-0.15, -0.1) is 11.8 Å². The summed E-state index contributed by atoms with van der Waals surface area (Å²) in [4.78, 5) is 34.8. The van der Waals surface area contributed by atoms with Gasteiger partial charge in [0.25, 0.3) is 0 Å². The molecular formula is C9H10N2O4S. The zero-order chi connectivity index (χ0) is 12.0. The average molecular weight is 242 g/mol. The van der Waals surface area contributed by atoms with E-state index in [0.717, 1.165) is 4.90 Å². The molecule has 1 fully saturated rings. The normalized spacial score (nSPS) is 28.6. The third-order valence-electron chi connectivity index (χ3n) is 2.57. The second kappa shape index (κ2) is 3.51. The van der Waals surface area contributed by atoms with E-state index in [9.17, 15) is 14.4 Å². The Kier molecular flexibility index (Phi) is 2.42. The third kappa shape index (κ3) is 1.39. The van der Waals surface area contributed by atoms with E-state index in [0.29, 0.717) is 0 Å². The van der Waals surface area contributed by atoms with Crippen LogP contribution in [0.2, 0.25) is 0 Å². The lowest BCUT2D eigenvalue weighted by atomic mass is 10.1. The lowest BCUT2D eigenvalue weighted by Crippen LogP contribution is -2.56. The number of carbonyl (C=O) groups is 3. The zero-order valence-electron chi connectivity index (χ0n) is 8.47. The van der Waals surface area contributed by atoms with Gasteiger partial charge in [0.15, 0.2) is 5.70 Å². The number of nitrogens with zero attached hydrogens (tertiary/aromatic N) is 1. The highest BCUT2D eigenvalue weighted by Gasteiger charge is 2.48. The quantitative estimate of drug-likeness (QED) is 0.633. The maximum absolute atomic E-state index is 11.3. The Morgan fingerprint density at radius 1 is 1.56 bits per heavy atom. The second-order valence-corrected chi connectivity index (χ2v) is 4.95. The first kappa shape index (κ1) is 11.0. The minimum atomic E-state index is -1.26. The summed E-state index contributed by atoms with van der Waals surface area (Å²) in [6.07, 6.45) is 0.262. The number of amides is 1. The maximum atomic E-state index is 11.3. The van der Waals surface area contributed by atoms with Crippen molar-refractivity contribution >= 4 is 29.4 Å². The predicted molar refractivity (Wildman–Crippen MR) is 56.2 cm³/mol. The summed E-state index contributed by atoms with van der Waals surface area (Å²) in [5.74, 6) is -1.72. The minimum Gasteiger partial charge on any atom is -0.477 e. The Hall–Kier alpha value is -1.50. The molecule has 2 unspecified atom stereocenters. The summed E-state index contributed by atoms with van der Waals surface area (Å²) in [6, 6.07) is 0. The Balaban J connectivity index is 2.45. The monoisotopic (exact) mass is 242 g/mol. The van der Waals surface area contributed by atoms with Gasteiger partial charge in [0, 0.05) is 0 Å². The van der Waals surface area contributed by atoms with Crippen LogP contribution in [0.4, 0.5) is 0 Å². The largest absolute Gasteiger partial charge is 0.477 e. The molecule has 0 aromatic rings. The molecule has 0 aromatic carbocycles. The molecule has 7 heteroatoms. The van der Waals surface area contributed by atoms with Gasteiger partial charge in [0.05, 0.1) is 17.5 Å². The number of hydrogen-bond acceptors (Lipinski definition) is 5. The van der Waals surface area contributed by atoms with Gasteiger partial charge in [-0.25, -0.2) is 4.79 Å². The summed E-state index contributed by atoms with van der Waals surface area (Å²) >= 11 is 1.23. The first-order valence-electron chi connectivity index (χ1n) is 4.64. The molecule has 16 heavy (non-hydrogen) atoms. The number of hydrogen-bond donors (Lipinski definition) is 2. The van der Waals surface area contributed by atoms with Crippen molar-refractivity contribution in [1.29, 1.82) is 0 Å². The molecule has 0 spiro atoms. The molecule has 2 aliphatic heterocycles. The SMILES string of the molecule is CC(=O)C1SC2CC(=O)N2C(C(=O)O)=C1N. The van der Waals surface area contributed by atoms with Gasteiger partial charge < -0.3 is 10.8 Å². The van der Waals surface area contributed by atoms with Gasteiger partial charge in [0.1, 0.15) is 11.0 Å². The molecular weight excluding hydrogens is 232 g/mol. The van der Waals surface area contributed by atoms with Crippen LogP contribution in [0.15, 0.2) is 11.4 Å². The van der Waals surface area contributed by atoms with Crippen LogP contribution in [0.1, 0.15) is 13.3 Å². The smallest absolute Gasteiger partial charge is 0.354 e. The van der Waals surface area contributed by atoms with Crippen LogP contribution in [0, 0.1) is 0 Å². The van der Waals surface area contributed by atoms with Crippen LogP contribution in [-0.2, 0) is 14.4 Å². The van der Waals surface area contributed by atoms with Crippen molar-refractivity contribution in [1.82, 2.24) is 4.90 Å². The number of thioether (sulfide) groups is 1. The molecule has 0 radical (unpaired) electrons. The number of carbonyl (C=O) groups excluding carboxylic acids is 2. The van der Waals surface area contributed by atoms with Gasteiger partial charge in [-0.05, 0) is 6.92 Å². The number of carboxylic acid groups (broad SMARTS) is 1. The van der Waals surface area contributed by atoms with Crippen LogP contribution in [0.3, 0.4) is 0 Å².